The highest BCUT2D eigenvalue weighted by Crippen LogP contribution is 2.27. The molecule has 2 heteroatoms. The molecule has 0 N–H and O–H groups in total. The van der Waals surface area contributed by atoms with E-state index in [0.717, 1.165) is 6.42 Å². The van der Waals surface area contributed by atoms with Gasteiger partial charge in [-0.2, -0.15) is 0 Å². The highest BCUT2D eigenvalue weighted by Gasteiger charge is 2.27. The van der Waals surface area contributed by atoms with Gasteiger partial charge in [0.15, 0.2) is 0 Å². The average Bonchev–Trinajstić information content (AvgIpc) is 2.03. The number of ether oxygens (including phenoxy) is 1. The second-order valence-electron chi connectivity index (χ2n) is 3.56. The van der Waals surface area contributed by atoms with Gasteiger partial charge in [-0.1, -0.05) is 27.0 Å². The number of rotatable bonds is 5. The fourth-order valence-electron chi connectivity index (χ4n) is 1.43. The molecule has 0 aromatic heterocycles. The van der Waals surface area contributed by atoms with Gasteiger partial charge < -0.3 is 4.74 Å². The van der Waals surface area contributed by atoms with Gasteiger partial charge in [-0.25, -0.2) is 0 Å². The maximum Gasteiger partial charge on any atom is 0.117 e. The van der Waals surface area contributed by atoms with Crippen LogP contribution in [0.4, 0.5) is 0 Å². The van der Waals surface area contributed by atoms with E-state index in [9.17, 15) is 0 Å². The monoisotopic (exact) mass is 156 g/mol. The standard InChI is InChI=1S/C9H21BO/c1-6-9(3,11-5)8(2)7-10-4/h8,10H,6-7H2,1-5H3. The lowest BCUT2D eigenvalue weighted by Crippen LogP contribution is -2.34. The minimum Gasteiger partial charge on any atom is -0.378 e. The van der Waals surface area contributed by atoms with Crippen LogP contribution in [-0.4, -0.2) is 20.0 Å². The molecule has 0 rings (SSSR count). The quantitative estimate of drug-likeness (QED) is 0.555. The van der Waals surface area contributed by atoms with Crippen LogP contribution in [-0.2, 0) is 4.74 Å². The molecule has 2 unspecified atom stereocenters. The van der Waals surface area contributed by atoms with Gasteiger partial charge >= 0.3 is 0 Å². The van der Waals surface area contributed by atoms with E-state index in [2.05, 4.69) is 27.6 Å². The minimum atomic E-state index is 0.0933. The molecular formula is C9H21BO. The Morgan fingerprint density at radius 1 is 1.55 bits per heavy atom. The van der Waals surface area contributed by atoms with Crippen molar-refractivity contribution in [1.29, 1.82) is 0 Å². The summed E-state index contributed by atoms with van der Waals surface area (Å²) in [6.45, 7) is 8.89. The zero-order valence-corrected chi connectivity index (χ0v) is 8.61. The van der Waals surface area contributed by atoms with Crippen LogP contribution >= 0.6 is 0 Å². The first-order valence-electron chi connectivity index (χ1n) is 4.65. The lowest BCUT2D eigenvalue weighted by molar-refractivity contribution is -0.0347. The Labute approximate surface area is 71.8 Å². The van der Waals surface area contributed by atoms with Crippen LogP contribution in [0.15, 0.2) is 0 Å². The van der Waals surface area contributed by atoms with Gasteiger partial charge in [0.1, 0.15) is 7.28 Å². The molecule has 0 aliphatic carbocycles. The lowest BCUT2D eigenvalue weighted by atomic mass is 9.68. The minimum absolute atomic E-state index is 0.0933. The van der Waals surface area contributed by atoms with E-state index >= 15 is 0 Å². The van der Waals surface area contributed by atoms with Crippen LogP contribution in [0.1, 0.15) is 27.2 Å². The van der Waals surface area contributed by atoms with Crippen molar-refractivity contribution in [3.05, 3.63) is 0 Å². The summed E-state index contributed by atoms with van der Waals surface area (Å²) in [7, 11) is 3.07. The van der Waals surface area contributed by atoms with Crippen LogP contribution in [0.3, 0.4) is 0 Å². The lowest BCUT2D eigenvalue weighted by Gasteiger charge is -2.33. The molecule has 0 aliphatic heterocycles. The normalized spacial score (nSPS) is 19.0. The summed E-state index contributed by atoms with van der Waals surface area (Å²) < 4.78 is 5.50. The van der Waals surface area contributed by atoms with Crippen molar-refractivity contribution in [1.82, 2.24) is 0 Å². The number of hydrogen-bond donors (Lipinski definition) is 0. The summed E-state index contributed by atoms with van der Waals surface area (Å²) in [5.74, 6) is 0.669. The predicted molar refractivity (Wildman–Crippen MR) is 52.7 cm³/mol. The summed E-state index contributed by atoms with van der Waals surface area (Å²) in [6, 6.07) is 0. The van der Waals surface area contributed by atoms with Crippen molar-refractivity contribution in [2.24, 2.45) is 5.92 Å². The van der Waals surface area contributed by atoms with Crippen molar-refractivity contribution >= 4 is 7.28 Å². The Morgan fingerprint density at radius 2 is 2.09 bits per heavy atom. The fourth-order valence-corrected chi connectivity index (χ4v) is 1.43. The Hall–Kier alpha value is 0.0249. The zero-order chi connectivity index (χ0) is 8.91. The summed E-state index contributed by atoms with van der Waals surface area (Å²) in [5, 5.41) is 0. The van der Waals surface area contributed by atoms with Crippen LogP contribution < -0.4 is 0 Å². The first-order chi connectivity index (χ1) is 5.10. The molecule has 66 valence electrons. The van der Waals surface area contributed by atoms with Crippen molar-refractivity contribution in [2.75, 3.05) is 7.11 Å². The summed E-state index contributed by atoms with van der Waals surface area (Å²) in [4.78, 5) is 0. The molecule has 0 aliphatic rings. The van der Waals surface area contributed by atoms with Gasteiger partial charge in [0.2, 0.25) is 0 Å². The first-order valence-corrected chi connectivity index (χ1v) is 4.65. The second kappa shape index (κ2) is 4.81. The van der Waals surface area contributed by atoms with E-state index in [4.69, 9.17) is 4.74 Å². The molecule has 0 heterocycles. The molecule has 0 fully saturated rings. The molecule has 2 atom stereocenters. The molecule has 1 nitrogen and oxygen atoms in total. The molecule has 11 heavy (non-hydrogen) atoms. The van der Waals surface area contributed by atoms with E-state index < -0.39 is 0 Å². The smallest absolute Gasteiger partial charge is 0.117 e. The molecule has 0 radical (unpaired) electrons. The van der Waals surface area contributed by atoms with Crippen LogP contribution in [0, 0.1) is 5.92 Å². The van der Waals surface area contributed by atoms with E-state index in [-0.39, 0.29) is 5.60 Å². The molecule has 0 aromatic rings. The maximum atomic E-state index is 5.50. The Morgan fingerprint density at radius 3 is 2.36 bits per heavy atom. The molecule has 0 amide bonds. The van der Waals surface area contributed by atoms with E-state index in [1.807, 2.05) is 7.11 Å². The van der Waals surface area contributed by atoms with Gasteiger partial charge in [-0.3, -0.25) is 0 Å². The molecule has 0 bridgehead atoms. The predicted octanol–water partition coefficient (Wildman–Crippen LogP) is 2.34. The van der Waals surface area contributed by atoms with Crippen molar-refractivity contribution < 1.29 is 4.74 Å². The van der Waals surface area contributed by atoms with Gasteiger partial charge in [-0.05, 0) is 19.3 Å². The highest BCUT2D eigenvalue weighted by molar-refractivity contribution is 6.33. The molecule has 0 spiro atoms. The first kappa shape index (κ1) is 11.0. The number of methoxy groups -OCH3 is 1. The molecule has 0 aromatic carbocycles. The average molecular weight is 156 g/mol. The number of hydrogen-bond acceptors (Lipinski definition) is 1. The Kier molecular flexibility index (Phi) is 4.82. The van der Waals surface area contributed by atoms with Gasteiger partial charge in [0.25, 0.3) is 0 Å². The summed E-state index contributed by atoms with van der Waals surface area (Å²) in [5.41, 5.74) is 0.0933. The fraction of sp³-hybridized carbons (Fsp3) is 1.00. The van der Waals surface area contributed by atoms with Gasteiger partial charge in [0, 0.05) is 7.11 Å². The van der Waals surface area contributed by atoms with E-state index in [1.165, 1.54) is 13.6 Å². The van der Waals surface area contributed by atoms with Crippen molar-refractivity contribution in [3.63, 3.8) is 0 Å². The van der Waals surface area contributed by atoms with Crippen LogP contribution in [0.25, 0.3) is 0 Å². The van der Waals surface area contributed by atoms with Gasteiger partial charge in [0.05, 0.1) is 5.60 Å². The third kappa shape index (κ3) is 2.86. The van der Waals surface area contributed by atoms with Crippen LogP contribution in [0.2, 0.25) is 13.1 Å². The largest absolute Gasteiger partial charge is 0.378 e. The van der Waals surface area contributed by atoms with E-state index in [1.54, 1.807) is 0 Å². The third-order valence-corrected chi connectivity index (χ3v) is 2.93. The van der Waals surface area contributed by atoms with Gasteiger partial charge in [-0.15, -0.1) is 0 Å². The molecular weight excluding hydrogens is 135 g/mol. The Bertz CT molecular complexity index is 99.7. The maximum absolute atomic E-state index is 5.50. The Balaban J connectivity index is 4.00. The second-order valence-corrected chi connectivity index (χ2v) is 3.56. The molecule has 0 saturated carbocycles. The zero-order valence-electron chi connectivity index (χ0n) is 8.61. The highest BCUT2D eigenvalue weighted by atomic mass is 16.5. The van der Waals surface area contributed by atoms with Crippen molar-refractivity contribution in [3.8, 4) is 0 Å². The molecule has 0 saturated heterocycles. The topological polar surface area (TPSA) is 9.23 Å². The summed E-state index contributed by atoms with van der Waals surface area (Å²) >= 11 is 0. The van der Waals surface area contributed by atoms with Crippen molar-refractivity contribution in [2.45, 2.75) is 45.9 Å². The van der Waals surface area contributed by atoms with Crippen LogP contribution in [0.5, 0.6) is 0 Å². The summed E-state index contributed by atoms with van der Waals surface area (Å²) in [6.07, 6.45) is 2.36. The van der Waals surface area contributed by atoms with E-state index in [0.29, 0.717) is 5.92 Å². The SMILES string of the molecule is CBCC(C)C(C)(CC)OC. The third-order valence-electron chi connectivity index (χ3n) is 2.93.